The molecule has 1 fully saturated rings. The Balaban J connectivity index is 1.74. The van der Waals surface area contributed by atoms with Crippen molar-refractivity contribution in [2.45, 2.75) is 39.0 Å². The minimum atomic E-state index is -0.128. The fourth-order valence-electron chi connectivity index (χ4n) is 2.92. The second kappa shape index (κ2) is 6.64. The summed E-state index contributed by atoms with van der Waals surface area (Å²) in [7, 11) is 0. The van der Waals surface area contributed by atoms with E-state index in [1.807, 2.05) is 18.2 Å². The van der Waals surface area contributed by atoms with Crippen LogP contribution in [-0.4, -0.2) is 19.1 Å². The predicted octanol–water partition coefficient (Wildman–Crippen LogP) is 2.73. The number of hydrogen-bond acceptors (Lipinski definition) is 3. The summed E-state index contributed by atoms with van der Waals surface area (Å²) in [4.78, 5) is 12.3. The zero-order valence-corrected chi connectivity index (χ0v) is 12.2. The molecule has 0 atom stereocenters. The molecule has 0 aromatic heterocycles. The Labute approximate surface area is 120 Å². The first-order valence-electron chi connectivity index (χ1n) is 7.43. The van der Waals surface area contributed by atoms with Crippen LogP contribution in [0.4, 0.5) is 5.69 Å². The predicted molar refractivity (Wildman–Crippen MR) is 80.6 cm³/mol. The van der Waals surface area contributed by atoms with Crippen LogP contribution in [0.25, 0.3) is 0 Å². The van der Waals surface area contributed by atoms with Crippen LogP contribution >= 0.6 is 0 Å². The first-order chi connectivity index (χ1) is 9.66. The van der Waals surface area contributed by atoms with Gasteiger partial charge in [0.2, 0.25) is 5.91 Å². The van der Waals surface area contributed by atoms with Gasteiger partial charge in [-0.15, -0.1) is 0 Å². The Hall–Kier alpha value is -1.71. The maximum absolute atomic E-state index is 12.3. The van der Waals surface area contributed by atoms with E-state index in [0.29, 0.717) is 18.8 Å². The number of nitrogens with two attached hydrogens (primary N) is 1. The first-order valence-corrected chi connectivity index (χ1v) is 7.43. The average molecular weight is 276 g/mol. The highest BCUT2D eigenvalue weighted by Gasteiger charge is 2.38. The van der Waals surface area contributed by atoms with Crippen LogP contribution in [-0.2, 0) is 4.79 Å². The third-order valence-electron chi connectivity index (χ3n) is 4.23. The standard InChI is InChI=1S/C16H24N2O2/c1-2-16(8-3-4-9-16)15(19)18-10-11-20-14-7-5-6-13(17)12-14/h5-7,12H,2-4,8-11,17H2,1H3,(H,18,19). The highest BCUT2D eigenvalue weighted by Crippen LogP contribution is 2.40. The van der Waals surface area contributed by atoms with Crippen molar-refractivity contribution in [1.29, 1.82) is 0 Å². The van der Waals surface area contributed by atoms with Crippen LogP contribution in [0.1, 0.15) is 39.0 Å². The molecule has 1 aliphatic carbocycles. The van der Waals surface area contributed by atoms with Crippen LogP contribution in [0.3, 0.4) is 0 Å². The van der Waals surface area contributed by atoms with Gasteiger partial charge in [-0.25, -0.2) is 0 Å². The molecule has 4 nitrogen and oxygen atoms in total. The summed E-state index contributed by atoms with van der Waals surface area (Å²) in [5.41, 5.74) is 6.23. The monoisotopic (exact) mass is 276 g/mol. The van der Waals surface area contributed by atoms with Crippen LogP contribution < -0.4 is 15.8 Å². The van der Waals surface area contributed by atoms with Crippen molar-refractivity contribution in [3.8, 4) is 5.75 Å². The van der Waals surface area contributed by atoms with Gasteiger partial charge in [-0.05, 0) is 31.4 Å². The minimum Gasteiger partial charge on any atom is -0.492 e. The van der Waals surface area contributed by atoms with E-state index in [0.717, 1.165) is 25.0 Å². The second-order valence-corrected chi connectivity index (χ2v) is 5.52. The lowest BCUT2D eigenvalue weighted by Gasteiger charge is -2.25. The fourth-order valence-corrected chi connectivity index (χ4v) is 2.92. The Bertz CT molecular complexity index is 454. The van der Waals surface area contributed by atoms with Crippen LogP contribution in [0.2, 0.25) is 0 Å². The van der Waals surface area contributed by atoms with Crippen molar-refractivity contribution in [3.05, 3.63) is 24.3 Å². The fraction of sp³-hybridized carbons (Fsp3) is 0.562. The maximum atomic E-state index is 12.3. The van der Waals surface area contributed by atoms with Crippen molar-refractivity contribution in [2.75, 3.05) is 18.9 Å². The second-order valence-electron chi connectivity index (χ2n) is 5.52. The zero-order chi connectivity index (χ0) is 14.4. The number of carbonyl (C=O) groups is 1. The molecular formula is C16H24N2O2. The van der Waals surface area contributed by atoms with Gasteiger partial charge < -0.3 is 15.8 Å². The summed E-state index contributed by atoms with van der Waals surface area (Å²) in [6.07, 6.45) is 5.30. The number of nitrogens with one attached hydrogen (secondary N) is 1. The van der Waals surface area contributed by atoms with Crippen molar-refractivity contribution >= 4 is 11.6 Å². The lowest BCUT2D eigenvalue weighted by Crippen LogP contribution is -2.40. The first kappa shape index (κ1) is 14.7. The Morgan fingerprint density at radius 3 is 2.80 bits per heavy atom. The molecule has 2 rings (SSSR count). The normalized spacial score (nSPS) is 16.9. The van der Waals surface area contributed by atoms with Crippen LogP contribution in [0, 0.1) is 5.41 Å². The SMILES string of the molecule is CCC1(C(=O)NCCOc2cccc(N)c2)CCCC1. The van der Waals surface area contributed by atoms with Gasteiger partial charge in [-0.1, -0.05) is 25.8 Å². The molecule has 0 heterocycles. The number of amides is 1. The zero-order valence-electron chi connectivity index (χ0n) is 12.2. The topological polar surface area (TPSA) is 64.3 Å². The van der Waals surface area contributed by atoms with E-state index in [1.54, 1.807) is 6.07 Å². The van der Waals surface area contributed by atoms with E-state index in [1.165, 1.54) is 12.8 Å². The van der Waals surface area contributed by atoms with Gasteiger partial charge in [-0.2, -0.15) is 0 Å². The summed E-state index contributed by atoms with van der Waals surface area (Å²) in [6.45, 7) is 3.11. The van der Waals surface area contributed by atoms with Crippen molar-refractivity contribution in [1.82, 2.24) is 5.32 Å². The number of ether oxygens (including phenoxy) is 1. The molecule has 0 bridgehead atoms. The van der Waals surface area contributed by atoms with Gasteiger partial charge in [0.25, 0.3) is 0 Å². The quantitative estimate of drug-likeness (QED) is 0.620. The van der Waals surface area contributed by atoms with E-state index >= 15 is 0 Å². The Morgan fingerprint density at radius 2 is 2.15 bits per heavy atom. The molecule has 0 unspecified atom stereocenters. The number of rotatable bonds is 6. The van der Waals surface area contributed by atoms with Gasteiger partial charge >= 0.3 is 0 Å². The number of nitrogen functional groups attached to an aromatic ring is 1. The van der Waals surface area contributed by atoms with E-state index in [4.69, 9.17) is 10.5 Å². The molecule has 1 aromatic carbocycles. The third kappa shape index (κ3) is 3.44. The van der Waals surface area contributed by atoms with Gasteiger partial charge in [0.15, 0.2) is 0 Å². The molecule has 0 spiro atoms. The average Bonchev–Trinajstić information content (AvgIpc) is 2.93. The molecule has 4 heteroatoms. The van der Waals surface area contributed by atoms with Crippen LogP contribution in [0.15, 0.2) is 24.3 Å². The number of hydrogen-bond donors (Lipinski definition) is 2. The molecule has 1 saturated carbocycles. The number of benzene rings is 1. The van der Waals surface area contributed by atoms with E-state index in [9.17, 15) is 4.79 Å². The molecule has 110 valence electrons. The highest BCUT2D eigenvalue weighted by atomic mass is 16.5. The van der Waals surface area contributed by atoms with E-state index < -0.39 is 0 Å². The summed E-state index contributed by atoms with van der Waals surface area (Å²) in [5, 5.41) is 3.01. The summed E-state index contributed by atoms with van der Waals surface area (Å²) in [6, 6.07) is 7.32. The van der Waals surface area contributed by atoms with Gasteiger partial charge in [-0.3, -0.25) is 4.79 Å². The smallest absolute Gasteiger partial charge is 0.226 e. The van der Waals surface area contributed by atoms with Gasteiger partial charge in [0, 0.05) is 17.2 Å². The molecule has 20 heavy (non-hydrogen) atoms. The number of anilines is 1. The van der Waals surface area contributed by atoms with Crippen molar-refractivity contribution < 1.29 is 9.53 Å². The van der Waals surface area contributed by atoms with Gasteiger partial charge in [0.1, 0.15) is 12.4 Å². The van der Waals surface area contributed by atoms with E-state index in [-0.39, 0.29) is 11.3 Å². The van der Waals surface area contributed by atoms with Crippen molar-refractivity contribution in [3.63, 3.8) is 0 Å². The van der Waals surface area contributed by atoms with Crippen molar-refractivity contribution in [2.24, 2.45) is 5.41 Å². The maximum Gasteiger partial charge on any atom is 0.226 e. The summed E-state index contributed by atoms with van der Waals surface area (Å²) >= 11 is 0. The highest BCUT2D eigenvalue weighted by molar-refractivity contribution is 5.82. The largest absolute Gasteiger partial charge is 0.492 e. The van der Waals surface area contributed by atoms with E-state index in [2.05, 4.69) is 12.2 Å². The molecule has 0 aliphatic heterocycles. The minimum absolute atomic E-state index is 0.128. The molecule has 0 saturated heterocycles. The Kier molecular flexibility index (Phi) is 4.88. The molecule has 1 aliphatic rings. The molecule has 0 radical (unpaired) electrons. The molecular weight excluding hydrogens is 252 g/mol. The third-order valence-corrected chi connectivity index (χ3v) is 4.23. The lowest BCUT2D eigenvalue weighted by molar-refractivity contribution is -0.131. The summed E-state index contributed by atoms with van der Waals surface area (Å²) < 4.78 is 5.57. The molecule has 3 N–H and O–H groups in total. The lowest BCUT2D eigenvalue weighted by atomic mass is 9.82. The number of carbonyl (C=O) groups excluding carboxylic acids is 1. The molecule has 1 amide bonds. The summed E-state index contributed by atoms with van der Waals surface area (Å²) in [5.74, 6) is 0.930. The Morgan fingerprint density at radius 1 is 1.40 bits per heavy atom. The van der Waals surface area contributed by atoms with Crippen LogP contribution in [0.5, 0.6) is 5.75 Å². The molecule has 1 aromatic rings. The van der Waals surface area contributed by atoms with Gasteiger partial charge in [0.05, 0.1) is 6.54 Å².